The van der Waals surface area contributed by atoms with Gasteiger partial charge in [-0.05, 0) is 60.7 Å². The summed E-state index contributed by atoms with van der Waals surface area (Å²) in [6.45, 7) is 0.993. The van der Waals surface area contributed by atoms with Gasteiger partial charge < -0.3 is 9.47 Å². The Morgan fingerprint density at radius 2 is 1.66 bits per heavy atom. The number of rotatable bonds is 4. The third-order valence-electron chi connectivity index (χ3n) is 6.15. The molecule has 38 heavy (non-hydrogen) atoms. The monoisotopic (exact) mass is 523 g/mol. The molecule has 0 saturated heterocycles. The number of benzene rings is 3. The maximum Gasteiger partial charge on any atom is 0.291 e. The summed E-state index contributed by atoms with van der Waals surface area (Å²) in [6, 6.07) is 21.3. The molecule has 0 spiro atoms. The van der Waals surface area contributed by atoms with Gasteiger partial charge in [-0.15, -0.1) is 5.10 Å². The number of fused-ring (bicyclic) bond motifs is 2. The first-order valence-corrected chi connectivity index (χ1v) is 12.7. The molecule has 7 rings (SSSR count). The van der Waals surface area contributed by atoms with Gasteiger partial charge in [0.1, 0.15) is 24.7 Å². The van der Waals surface area contributed by atoms with Gasteiger partial charge in [0.25, 0.3) is 5.56 Å². The molecular formula is C28H18FN5O3S. The first kappa shape index (κ1) is 22.4. The average molecular weight is 524 g/mol. The van der Waals surface area contributed by atoms with Crippen molar-refractivity contribution in [3.63, 3.8) is 0 Å². The van der Waals surface area contributed by atoms with Gasteiger partial charge in [-0.3, -0.25) is 4.79 Å². The van der Waals surface area contributed by atoms with Crippen molar-refractivity contribution in [2.24, 2.45) is 0 Å². The molecule has 0 radical (unpaired) electrons. The molecule has 6 aromatic rings. The summed E-state index contributed by atoms with van der Waals surface area (Å²) in [7, 11) is 0. The molecule has 0 saturated carbocycles. The normalized spacial score (nSPS) is 13.3. The van der Waals surface area contributed by atoms with Crippen molar-refractivity contribution in [1.82, 2.24) is 24.4 Å². The summed E-state index contributed by atoms with van der Waals surface area (Å²) in [5, 5.41) is 9.22. The highest BCUT2D eigenvalue weighted by Crippen LogP contribution is 2.35. The molecule has 3 aromatic heterocycles. The Balaban J connectivity index is 1.35. The average Bonchev–Trinajstić information content (AvgIpc) is 3.64. The van der Waals surface area contributed by atoms with Crippen molar-refractivity contribution in [1.29, 1.82) is 0 Å². The zero-order valence-corrected chi connectivity index (χ0v) is 20.6. The molecule has 1 aliphatic heterocycles. The van der Waals surface area contributed by atoms with Gasteiger partial charge in [0, 0.05) is 22.9 Å². The van der Waals surface area contributed by atoms with E-state index in [0.29, 0.717) is 51.3 Å². The molecule has 3 aromatic carbocycles. The number of nitrogens with zero attached hydrogens (tertiary/aromatic N) is 5. The highest BCUT2D eigenvalue weighted by Gasteiger charge is 2.18. The highest BCUT2D eigenvalue weighted by molar-refractivity contribution is 7.15. The number of thiazole rings is 1. The molecule has 4 heterocycles. The number of aromatic nitrogens is 5. The first-order valence-electron chi connectivity index (χ1n) is 11.8. The van der Waals surface area contributed by atoms with Crippen LogP contribution in [0.1, 0.15) is 5.56 Å². The molecule has 0 fully saturated rings. The second-order valence-corrected chi connectivity index (χ2v) is 9.63. The Kier molecular flexibility index (Phi) is 5.26. The standard InChI is InChI=1S/C28H18FN5O3S/c29-20-9-6-17(7-10-20)26-30-28-34(32-26)27(35)24(38-28)15-19-16-33(21-4-2-1-3-5-21)31-25(19)18-8-11-22-23(14-18)37-13-12-36-22/h1-11,14-16H,12-13H2. The Morgan fingerprint density at radius 3 is 2.45 bits per heavy atom. The fourth-order valence-corrected chi connectivity index (χ4v) is 5.22. The van der Waals surface area contributed by atoms with Gasteiger partial charge in [0.05, 0.1) is 10.2 Å². The number of hydrogen-bond acceptors (Lipinski definition) is 7. The van der Waals surface area contributed by atoms with Gasteiger partial charge in [-0.25, -0.2) is 9.07 Å². The summed E-state index contributed by atoms with van der Waals surface area (Å²) < 4.78 is 28.3. The van der Waals surface area contributed by atoms with Gasteiger partial charge in [-0.2, -0.15) is 14.6 Å². The lowest BCUT2D eigenvalue weighted by Crippen LogP contribution is -2.23. The SMILES string of the molecule is O=c1c(=Cc2cn(-c3ccccc3)nc2-c2ccc3c(c2)OCCO3)sc2nc(-c3ccc(F)cc3)nn12. The predicted octanol–water partition coefficient (Wildman–Crippen LogP) is 4.13. The first-order chi connectivity index (χ1) is 18.6. The fraction of sp³-hybridized carbons (Fsp3) is 0.0714. The van der Waals surface area contributed by atoms with Crippen molar-refractivity contribution in [3.05, 3.63) is 105 Å². The molecule has 186 valence electrons. The Hall–Kier alpha value is -4.83. The van der Waals surface area contributed by atoms with Crippen LogP contribution in [0.25, 0.3) is 39.4 Å². The lowest BCUT2D eigenvalue weighted by molar-refractivity contribution is 0.171. The molecule has 0 unspecified atom stereocenters. The van der Waals surface area contributed by atoms with Gasteiger partial charge >= 0.3 is 0 Å². The van der Waals surface area contributed by atoms with Crippen molar-refractivity contribution in [2.45, 2.75) is 0 Å². The van der Waals surface area contributed by atoms with E-state index in [2.05, 4.69) is 10.1 Å². The minimum absolute atomic E-state index is 0.286. The number of para-hydroxylation sites is 1. The Bertz CT molecular complexity index is 1910. The number of halogens is 1. The summed E-state index contributed by atoms with van der Waals surface area (Å²) >= 11 is 1.23. The number of hydrogen-bond donors (Lipinski definition) is 0. The van der Waals surface area contributed by atoms with E-state index in [9.17, 15) is 9.18 Å². The Morgan fingerprint density at radius 1 is 0.895 bits per heavy atom. The topological polar surface area (TPSA) is 83.5 Å². The molecule has 0 amide bonds. The van der Waals surface area contributed by atoms with E-state index in [1.165, 1.54) is 28.0 Å². The molecule has 0 aliphatic carbocycles. The Labute approximate surface area is 218 Å². The van der Waals surface area contributed by atoms with Crippen molar-refractivity contribution in [3.8, 4) is 39.8 Å². The van der Waals surface area contributed by atoms with E-state index in [0.717, 1.165) is 16.8 Å². The fourth-order valence-electron chi connectivity index (χ4n) is 4.32. The third-order valence-corrected chi connectivity index (χ3v) is 7.11. The smallest absolute Gasteiger partial charge is 0.291 e. The lowest BCUT2D eigenvalue weighted by atomic mass is 10.1. The maximum atomic E-state index is 13.3. The minimum atomic E-state index is -0.346. The number of ether oxygens (including phenoxy) is 2. The van der Waals surface area contributed by atoms with Crippen LogP contribution in [-0.4, -0.2) is 37.6 Å². The summed E-state index contributed by atoms with van der Waals surface area (Å²) in [5.41, 5.74) is 3.52. The molecular weight excluding hydrogens is 505 g/mol. The van der Waals surface area contributed by atoms with Gasteiger partial charge in [-0.1, -0.05) is 29.5 Å². The second-order valence-electron chi connectivity index (χ2n) is 8.62. The lowest BCUT2D eigenvalue weighted by Gasteiger charge is -2.18. The van der Waals surface area contributed by atoms with Crippen LogP contribution in [0, 0.1) is 5.82 Å². The van der Waals surface area contributed by atoms with Crippen LogP contribution in [0.2, 0.25) is 0 Å². The van der Waals surface area contributed by atoms with Crippen LogP contribution in [0.4, 0.5) is 4.39 Å². The molecule has 1 aliphatic rings. The predicted molar refractivity (Wildman–Crippen MR) is 141 cm³/mol. The summed E-state index contributed by atoms with van der Waals surface area (Å²) in [5.74, 6) is 1.37. The van der Waals surface area contributed by atoms with Crippen LogP contribution in [0.5, 0.6) is 11.5 Å². The molecule has 0 bridgehead atoms. The zero-order chi connectivity index (χ0) is 25.6. The van der Waals surface area contributed by atoms with E-state index in [-0.39, 0.29) is 11.4 Å². The zero-order valence-electron chi connectivity index (χ0n) is 19.7. The molecule has 8 nitrogen and oxygen atoms in total. The largest absolute Gasteiger partial charge is 0.486 e. The molecule has 10 heteroatoms. The van der Waals surface area contributed by atoms with Crippen LogP contribution in [-0.2, 0) is 0 Å². The summed E-state index contributed by atoms with van der Waals surface area (Å²) in [4.78, 5) is 18.2. The van der Waals surface area contributed by atoms with E-state index < -0.39 is 0 Å². The highest BCUT2D eigenvalue weighted by atomic mass is 32.1. The molecule has 0 N–H and O–H groups in total. The maximum absolute atomic E-state index is 13.3. The summed E-state index contributed by atoms with van der Waals surface area (Å²) in [6.07, 6.45) is 3.69. The van der Waals surface area contributed by atoms with Gasteiger partial charge in [0.15, 0.2) is 17.3 Å². The van der Waals surface area contributed by atoms with Crippen LogP contribution in [0.15, 0.2) is 83.8 Å². The third kappa shape index (κ3) is 3.91. The van der Waals surface area contributed by atoms with Crippen molar-refractivity contribution < 1.29 is 13.9 Å². The van der Waals surface area contributed by atoms with Crippen LogP contribution >= 0.6 is 11.3 Å². The van der Waals surface area contributed by atoms with E-state index >= 15 is 0 Å². The van der Waals surface area contributed by atoms with E-state index in [4.69, 9.17) is 14.6 Å². The molecule has 0 atom stereocenters. The van der Waals surface area contributed by atoms with Crippen LogP contribution in [0.3, 0.4) is 0 Å². The minimum Gasteiger partial charge on any atom is -0.486 e. The van der Waals surface area contributed by atoms with Crippen molar-refractivity contribution in [2.75, 3.05) is 13.2 Å². The van der Waals surface area contributed by atoms with Gasteiger partial charge in [0.2, 0.25) is 4.96 Å². The quantitative estimate of drug-likeness (QED) is 0.346. The second kappa shape index (κ2) is 8.93. The van der Waals surface area contributed by atoms with Crippen LogP contribution < -0.4 is 19.6 Å². The van der Waals surface area contributed by atoms with E-state index in [1.54, 1.807) is 22.9 Å². The van der Waals surface area contributed by atoms with Crippen molar-refractivity contribution >= 4 is 22.4 Å². The van der Waals surface area contributed by atoms with E-state index in [1.807, 2.05) is 54.7 Å².